The van der Waals surface area contributed by atoms with Gasteiger partial charge in [-0.25, -0.2) is 4.98 Å². The van der Waals surface area contributed by atoms with E-state index in [1.807, 2.05) is 12.3 Å². The van der Waals surface area contributed by atoms with Gasteiger partial charge in [-0.1, -0.05) is 23.2 Å². The third-order valence-corrected chi connectivity index (χ3v) is 3.82. The summed E-state index contributed by atoms with van der Waals surface area (Å²) in [5.41, 5.74) is 2.95. The molecular formula is C12H16Cl2N3+. The van der Waals surface area contributed by atoms with E-state index in [0.717, 1.165) is 11.1 Å². The Balaban J connectivity index is 2.56. The van der Waals surface area contributed by atoms with Gasteiger partial charge in [-0.05, 0) is 25.5 Å². The number of aromatic nitrogens is 1. The van der Waals surface area contributed by atoms with Gasteiger partial charge in [-0.15, -0.1) is 0 Å². The molecule has 0 saturated carbocycles. The van der Waals surface area contributed by atoms with Gasteiger partial charge in [0.05, 0.1) is 7.05 Å². The molecule has 1 unspecified atom stereocenters. The van der Waals surface area contributed by atoms with E-state index in [4.69, 9.17) is 23.2 Å². The Kier molecular flexibility index (Phi) is 3.34. The number of halogens is 2. The molecule has 1 aromatic heterocycles. The van der Waals surface area contributed by atoms with Crippen LogP contribution in [0.4, 0.5) is 0 Å². The second-order valence-electron chi connectivity index (χ2n) is 4.69. The first kappa shape index (κ1) is 12.7. The standard InChI is InChI=1S/C12H15Cl2N3/c1-12(2,15-3)9-6-17-11(14)8-5-16-10(13)4-7(8)9/h4-6,11,15,17H,1-3H3/p+1. The Morgan fingerprint density at radius 3 is 2.82 bits per heavy atom. The third-order valence-electron chi connectivity index (χ3n) is 3.25. The number of likely N-dealkylation sites (N-methyl/N-ethyl adjacent to an activating group) is 1. The Labute approximate surface area is 111 Å². The lowest BCUT2D eigenvalue weighted by molar-refractivity contribution is -0.680. The molecule has 17 heavy (non-hydrogen) atoms. The average molecular weight is 273 g/mol. The second-order valence-corrected chi connectivity index (χ2v) is 5.52. The predicted molar refractivity (Wildman–Crippen MR) is 70.9 cm³/mol. The highest BCUT2D eigenvalue weighted by molar-refractivity contribution is 6.29. The van der Waals surface area contributed by atoms with Gasteiger partial charge >= 0.3 is 0 Å². The van der Waals surface area contributed by atoms with E-state index in [9.17, 15) is 0 Å². The van der Waals surface area contributed by atoms with Crippen LogP contribution in [0.1, 0.15) is 30.5 Å². The number of nitrogens with two attached hydrogens (primary N) is 1. The average Bonchev–Trinajstić information content (AvgIpc) is 2.29. The third kappa shape index (κ3) is 2.28. The molecule has 1 aliphatic rings. The second kappa shape index (κ2) is 4.48. The van der Waals surface area contributed by atoms with Gasteiger partial charge in [0.2, 0.25) is 0 Å². The van der Waals surface area contributed by atoms with Crippen molar-refractivity contribution in [1.29, 1.82) is 0 Å². The molecule has 1 aromatic rings. The van der Waals surface area contributed by atoms with Crippen LogP contribution in [0, 0.1) is 0 Å². The molecule has 0 amide bonds. The van der Waals surface area contributed by atoms with Crippen LogP contribution in [0.2, 0.25) is 5.15 Å². The van der Waals surface area contributed by atoms with E-state index >= 15 is 0 Å². The highest BCUT2D eigenvalue weighted by Gasteiger charge is 2.32. The molecule has 0 saturated heterocycles. The van der Waals surface area contributed by atoms with Crippen LogP contribution in [0.25, 0.3) is 5.57 Å². The van der Waals surface area contributed by atoms with Crippen molar-refractivity contribution in [3.63, 3.8) is 0 Å². The van der Waals surface area contributed by atoms with Crippen LogP contribution in [-0.4, -0.2) is 17.6 Å². The summed E-state index contributed by atoms with van der Waals surface area (Å²) in [6.07, 6.45) is 3.71. The van der Waals surface area contributed by atoms with E-state index in [-0.39, 0.29) is 11.0 Å². The lowest BCUT2D eigenvalue weighted by atomic mass is 9.85. The summed E-state index contributed by atoms with van der Waals surface area (Å²) in [5, 5.41) is 5.80. The van der Waals surface area contributed by atoms with Gasteiger partial charge in [0.25, 0.3) is 0 Å². The van der Waals surface area contributed by atoms with Crippen molar-refractivity contribution in [2.24, 2.45) is 0 Å². The van der Waals surface area contributed by atoms with Crippen molar-refractivity contribution in [3.05, 3.63) is 34.7 Å². The Morgan fingerprint density at radius 2 is 2.18 bits per heavy atom. The lowest BCUT2D eigenvalue weighted by Gasteiger charge is -2.30. The Morgan fingerprint density at radius 1 is 1.47 bits per heavy atom. The van der Waals surface area contributed by atoms with E-state index in [1.165, 1.54) is 5.57 Å². The van der Waals surface area contributed by atoms with Crippen molar-refractivity contribution in [1.82, 2.24) is 10.3 Å². The maximum atomic E-state index is 6.21. The van der Waals surface area contributed by atoms with E-state index < -0.39 is 0 Å². The summed E-state index contributed by atoms with van der Waals surface area (Å²) in [6.45, 7) is 4.32. The number of nitrogens with one attached hydrogen (secondary N) is 1. The minimum atomic E-state index is -0.244. The first-order chi connectivity index (χ1) is 7.95. The van der Waals surface area contributed by atoms with E-state index in [0.29, 0.717) is 5.15 Å². The van der Waals surface area contributed by atoms with Crippen molar-refractivity contribution < 1.29 is 5.32 Å². The molecule has 3 N–H and O–H groups in total. The fourth-order valence-corrected chi connectivity index (χ4v) is 2.28. The van der Waals surface area contributed by atoms with Crippen LogP contribution in [0.15, 0.2) is 18.5 Å². The smallest absolute Gasteiger partial charge is 0.129 e. The maximum absolute atomic E-state index is 6.21. The number of pyridine rings is 1. The molecule has 2 rings (SSSR count). The van der Waals surface area contributed by atoms with Gasteiger partial charge in [0.1, 0.15) is 16.2 Å². The normalized spacial score (nSPS) is 19.4. The topological polar surface area (TPSA) is 41.5 Å². The highest BCUT2D eigenvalue weighted by Crippen LogP contribution is 2.35. The van der Waals surface area contributed by atoms with Gasteiger partial charge in [-0.3, -0.25) is 0 Å². The van der Waals surface area contributed by atoms with Crippen molar-refractivity contribution in [3.8, 4) is 0 Å². The van der Waals surface area contributed by atoms with Crippen LogP contribution in [0.3, 0.4) is 0 Å². The molecule has 0 bridgehead atoms. The van der Waals surface area contributed by atoms with Gasteiger partial charge in [0, 0.05) is 23.5 Å². The minimum Gasteiger partial charge on any atom is -0.371 e. The van der Waals surface area contributed by atoms with Gasteiger partial charge < -0.3 is 10.6 Å². The first-order valence-electron chi connectivity index (χ1n) is 5.53. The first-order valence-corrected chi connectivity index (χ1v) is 6.34. The van der Waals surface area contributed by atoms with Crippen molar-refractivity contribution in [2.45, 2.75) is 24.9 Å². The molecule has 3 nitrogen and oxygen atoms in total. The molecule has 0 aliphatic carbocycles. The fraction of sp³-hybridized carbons (Fsp3) is 0.417. The molecule has 0 spiro atoms. The van der Waals surface area contributed by atoms with E-state index in [1.54, 1.807) is 6.20 Å². The van der Waals surface area contributed by atoms with Gasteiger partial charge in [0.15, 0.2) is 0 Å². The molecule has 2 heterocycles. The van der Waals surface area contributed by atoms with Crippen LogP contribution >= 0.6 is 23.2 Å². The number of quaternary nitrogens is 1. The summed E-state index contributed by atoms with van der Waals surface area (Å²) in [7, 11) is 2.05. The minimum absolute atomic E-state index is 0.0382. The van der Waals surface area contributed by atoms with Crippen LogP contribution in [0.5, 0.6) is 0 Å². The maximum Gasteiger partial charge on any atom is 0.129 e. The van der Waals surface area contributed by atoms with Gasteiger partial charge in [-0.2, -0.15) is 0 Å². The number of nitrogens with zero attached hydrogens (tertiary/aromatic N) is 1. The number of alkyl halides is 1. The number of fused-ring (bicyclic) bond motifs is 1. The highest BCUT2D eigenvalue weighted by atomic mass is 35.5. The predicted octanol–water partition coefficient (Wildman–Crippen LogP) is 1.89. The number of hydrogen-bond donors (Lipinski definition) is 2. The summed E-state index contributed by atoms with van der Waals surface area (Å²) in [6, 6.07) is 1.88. The summed E-state index contributed by atoms with van der Waals surface area (Å²) in [4.78, 5) is 4.09. The molecule has 0 radical (unpaired) electrons. The molecule has 1 atom stereocenters. The molecule has 0 aromatic carbocycles. The molecular weight excluding hydrogens is 257 g/mol. The number of hydrogen-bond acceptors (Lipinski definition) is 2. The zero-order valence-corrected chi connectivity index (χ0v) is 11.6. The van der Waals surface area contributed by atoms with Crippen molar-refractivity contribution >= 4 is 28.8 Å². The summed E-state index contributed by atoms with van der Waals surface area (Å²) >= 11 is 12.2. The van der Waals surface area contributed by atoms with E-state index in [2.05, 4.69) is 36.5 Å². The zero-order chi connectivity index (χ0) is 12.6. The fourth-order valence-electron chi connectivity index (χ4n) is 1.89. The Bertz CT molecular complexity index is 469. The Hall–Kier alpha value is -0.770. The monoisotopic (exact) mass is 272 g/mol. The van der Waals surface area contributed by atoms with Crippen molar-refractivity contribution in [2.75, 3.05) is 7.05 Å². The number of rotatable bonds is 2. The molecule has 92 valence electrons. The largest absolute Gasteiger partial charge is 0.371 e. The molecule has 0 fully saturated rings. The van der Waals surface area contributed by atoms with Crippen LogP contribution < -0.4 is 10.6 Å². The zero-order valence-electron chi connectivity index (χ0n) is 10.1. The molecule has 5 heteroatoms. The summed E-state index contributed by atoms with van der Waals surface area (Å²) in [5.74, 6) is 0. The SMILES string of the molecule is C[NH2+]C(C)(C)C1=CNC(Cl)c2cnc(Cl)cc21. The quantitative estimate of drug-likeness (QED) is 0.491. The lowest BCUT2D eigenvalue weighted by Crippen LogP contribution is -2.92. The molecule has 1 aliphatic heterocycles. The van der Waals surface area contributed by atoms with Crippen LogP contribution in [-0.2, 0) is 0 Å². The summed E-state index contributed by atoms with van der Waals surface area (Å²) < 4.78 is 0.